The van der Waals surface area contributed by atoms with Crippen molar-refractivity contribution >= 4 is 23.4 Å². The number of carbonyl (C=O) groups excluding carboxylic acids is 1. The normalized spacial score (nSPS) is 10.5. The highest BCUT2D eigenvalue weighted by atomic mass is 35.5. The summed E-state index contributed by atoms with van der Waals surface area (Å²) in [7, 11) is 0. The quantitative estimate of drug-likeness (QED) is 0.852. The molecule has 22 heavy (non-hydrogen) atoms. The minimum atomic E-state index is -0.586. The largest absolute Gasteiger partial charge is 0.489 e. The van der Waals surface area contributed by atoms with Gasteiger partial charge in [0.05, 0.1) is 11.1 Å². The predicted molar refractivity (Wildman–Crippen MR) is 82.8 cm³/mol. The molecule has 0 aliphatic heterocycles. The van der Waals surface area contributed by atoms with Crippen molar-refractivity contribution in [1.29, 1.82) is 0 Å². The number of esters is 1. The number of anilines is 1. The van der Waals surface area contributed by atoms with E-state index in [0.29, 0.717) is 10.8 Å². The van der Waals surface area contributed by atoms with Gasteiger partial charge in [-0.1, -0.05) is 17.7 Å². The third-order valence-electron chi connectivity index (χ3n) is 2.69. The maximum Gasteiger partial charge on any atom is 0.343 e. The van der Waals surface area contributed by atoms with E-state index in [0.717, 1.165) is 5.56 Å². The summed E-state index contributed by atoms with van der Waals surface area (Å²) in [6.45, 7) is 3.89. The van der Waals surface area contributed by atoms with Gasteiger partial charge in [0.25, 0.3) is 0 Å². The summed E-state index contributed by atoms with van der Waals surface area (Å²) < 4.78 is 10.7. The third kappa shape index (κ3) is 4.08. The van der Waals surface area contributed by atoms with E-state index in [1.54, 1.807) is 18.2 Å². The fraction of sp³-hybridized carbons (Fsp3) is 0.267. The van der Waals surface area contributed by atoms with Crippen LogP contribution in [0.4, 0.5) is 5.82 Å². The lowest BCUT2D eigenvalue weighted by Gasteiger charge is -2.12. The molecule has 2 aromatic rings. The molecule has 116 valence electrons. The molecule has 0 fully saturated rings. The highest BCUT2D eigenvalue weighted by Crippen LogP contribution is 2.26. The minimum Gasteiger partial charge on any atom is -0.489 e. The van der Waals surface area contributed by atoms with Crippen molar-refractivity contribution in [2.75, 3.05) is 5.73 Å². The molecule has 2 N–H and O–H groups in total. The first-order chi connectivity index (χ1) is 10.5. The van der Waals surface area contributed by atoms with E-state index in [2.05, 4.69) is 9.97 Å². The van der Waals surface area contributed by atoms with E-state index in [-0.39, 0.29) is 24.1 Å². The van der Waals surface area contributed by atoms with Crippen molar-refractivity contribution in [3.63, 3.8) is 0 Å². The number of benzene rings is 1. The standard InChI is InChI=1S/C15H16ClN3O3/c1-9(2)22-13-4-3-10(5-12(13)16)7-21-15(20)11-6-18-8-19-14(11)17/h3-6,8-9H,7H2,1-2H3,(H2,17,18,19). The predicted octanol–water partition coefficient (Wildman–Crippen LogP) is 2.86. The maximum absolute atomic E-state index is 11.9. The topological polar surface area (TPSA) is 87.3 Å². The smallest absolute Gasteiger partial charge is 0.343 e. The van der Waals surface area contributed by atoms with Crippen LogP contribution in [-0.4, -0.2) is 22.0 Å². The fourth-order valence-corrected chi connectivity index (χ4v) is 1.95. The molecule has 1 heterocycles. The number of aromatic nitrogens is 2. The van der Waals surface area contributed by atoms with Gasteiger partial charge in [0, 0.05) is 6.20 Å². The molecule has 1 aromatic heterocycles. The Bertz CT molecular complexity index is 677. The fourth-order valence-electron chi connectivity index (χ4n) is 1.71. The number of nitrogen functional groups attached to an aromatic ring is 1. The molecular formula is C15H16ClN3O3. The lowest BCUT2D eigenvalue weighted by Crippen LogP contribution is -2.10. The summed E-state index contributed by atoms with van der Waals surface area (Å²) in [6, 6.07) is 5.21. The summed E-state index contributed by atoms with van der Waals surface area (Å²) in [6.07, 6.45) is 2.61. The molecule has 2 rings (SSSR count). The molecule has 0 saturated heterocycles. The van der Waals surface area contributed by atoms with Crippen molar-refractivity contribution in [2.24, 2.45) is 0 Å². The van der Waals surface area contributed by atoms with Crippen LogP contribution in [0.2, 0.25) is 5.02 Å². The van der Waals surface area contributed by atoms with E-state index >= 15 is 0 Å². The second-order valence-electron chi connectivity index (χ2n) is 4.83. The molecule has 0 bridgehead atoms. The molecular weight excluding hydrogens is 306 g/mol. The zero-order valence-corrected chi connectivity index (χ0v) is 13.0. The molecule has 1 aromatic carbocycles. The van der Waals surface area contributed by atoms with Crippen LogP contribution in [-0.2, 0) is 11.3 Å². The molecule has 0 aliphatic carbocycles. The monoisotopic (exact) mass is 321 g/mol. The highest BCUT2D eigenvalue weighted by Gasteiger charge is 2.13. The van der Waals surface area contributed by atoms with Crippen molar-refractivity contribution in [1.82, 2.24) is 9.97 Å². The Morgan fingerprint density at radius 2 is 2.18 bits per heavy atom. The Morgan fingerprint density at radius 3 is 2.82 bits per heavy atom. The molecule has 7 heteroatoms. The van der Waals surface area contributed by atoms with Crippen LogP contribution in [0.3, 0.4) is 0 Å². The van der Waals surface area contributed by atoms with Gasteiger partial charge in [0.1, 0.15) is 30.1 Å². The number of nitrogens with two attached hydrogens (primary N) is 1. The van der Waals surface area contributed by atoms with Crippen LogP contribution < -0.4 is 10.5 Å². The Hall–Kier alpha value is -2.34. The van der Waals surface area contributed by atoms with Gasteiger partial charge < -0.3 is 15.2 Å². The second-order valence-corrected chi connectivity index (χ2v) is 5.24. The first-order valence-electron chi connectivity index (χ1n) is 6.65. The average molecular weight is 322 g/mol. The molecule has 0 aliphatic rings. The number of nitrogens with zero attached hydrogens (tertiary/aromatic N) is 2. The highest BCUT2D eigenvalue weighted by molar-refractivity contribution is 6.32. The molecule has 0 amide bonds. The number of halogens is 1. The summed E-state index contributed by atoms with van der Waals surface area (Å²) in [4.78, 5) is 19.4. The van der Waals surface area contributed by atoms with Gasteiger partial charge in [-0.25, -0.2) is 14.8 Å². The molecule has 6 nitrogen and oxygen atoms in total. The number of carbonyl (C=O) groups is 1. The number of rotatable bonds is 5. The zero-order chi connectivity index (χ0) is 16.1. The number of hydrogen-bond acceptors (Lipinski definition) is 6. The van der Waals surface area contributed by atoms with Crippen LogP contribution >= 0.6 is 11.6 Å². The van der Waals surface area contributed by atoms with Gasteiger partial charge in [-0.05, 0) is 31.5 Å². The average Bonchev–Trinajstić information content (AvgIpc) is 2.47. The van der Waals surface area contributed by atoms with Crippen LogP contribution in [0.1, 0.15) is 29.8 Å². The summed E-state index contributed by atoms with van der Waals surface area (Å²) in [5.41, 5.74) is 6.46. The van der Waals surface area contributed by atoms with Crippen molar-refractivity contribution in [3.8, 4) is 5.75 Å². The van der Waals surface area contributed by atoms with Crippen LogP contribution in [0, 0.1) is 0 Å². The summed E-state index contributed by atoms with van der Waals surface area (Å²) in [5.74, 6) is 0.0860. The van der Waals surface area contributed by atoms with Crippen LogP contribution in [0.15, 0.2) is 30.7 Å². The number of ether oxygens (including phenoxy) is 2. The molecule has 0 saturated carbocycles. The molecule has 0 atom stereocenters. The first kappa shape index (κ1) is 16.0. The van der Waals surface area contributed by atoms with Crippen LogP contribution in [0.5, 0.6) is 5.75 Å². The van der Waals surface area contributed by atoms with E-state index in [9.17, 15) is 4.79 Å². The van der Waals surface area contributed by atoms with E-state index < -0.39 is 5.97 Å². The van der Waals surface area contributed by atoms with Crippen molar-refractivity contribution in [3.05, 3.63) is 46.9 Å². The number of hydrogen-bond donors (Lipinski definition) is 1. The van der Waals surface area contributed by atoms with Gasteiger partial charge >= 0.3 is 5.97 Å². The molecule has 0 spiro atoms. The van der Waals surface area contributed by atoms with E-state index in [1.165, 1.54) is 12.5 Å². The first-order valence-corrected chi connectivity index (χ1v) is 7.03. The third-order valence-corrected chi connectivity index (χ3v) is 2.99. The van der Waals surface area contributed by atoms with Crippen molar-refractivity contribution in [2.45, 2.75) is 26.6 Å². The van der Waals surface area contributed by atoms with Gasteiger partial charge in [0.2, 0.25) is 0 Å². The Balaban J connectivity index is 2.01. The molecule has 0 unspecified atom stereocenters. The summed E-state index contributed by atoms with van der Waals surface area (Å²) in [5, 5.41) is 0.463. The lowest BCUT2D eigenvalue weighted by atomic mass is 10.2. The lowest BCUT2D eigenvalue weighted by molar-refractivity contribution is 0.0473. The Kier molecular flexibility index (Phi) is 5.16. The summed E-state index contributed by atoms with van der Waals surface area (Å²) >= 11 is 6.13. The zero-order valence-electron chi connectivity index (χ0n) is 12.2. The SMILES string of the molecule is CC(C)Oc1ccc(COC(=O)c2cncnc2N)cc1Cl. The molecule has 0 radical (unpaired) electrons. The minimum absolute atomic E-state index is 0.0298. The van der Waals surface area contributed by atoms with Crippen molar-refractivity contribution < 1.29 is 14.3 Å². The van der Waals surface area contributed by atoms with Gasteiger partial charge in [-0.3, -0.25) is 0 Å². The van der Waals surface area contributed by atoms with Gasteiger partial charge in [-0.15, -0.1) is 0 Å². The van der Waals surface area contributed by atoms with Gasteiger partial charge in [0.15, 0.2) is 0 Å². The Morgan fingerprint density at radius 1 is 1.41 bits per heavy atom. The Labute approximate surface area is 133 Å². The van der Waals surface area contributed by atoms with E-state index in [1.807, 2.05) is 13.8 Å². The van der Waals surface area contributed by atoms with Gasteiger partial charge in [-0.2, -0.15) is 0 Å². The van der Waals surface area contributed by atoms with Crippen LogP contribution in [0.25, 0.3) is 0 Å². The van der Waals surface area contributed by atoms with E-state index in [4.69, 9.17) is 26.8 Å². The second kappa shape index (κ2) is 7.09. The maximum atomic E-state index is 11.9.